The summed E-state index contributed by atoms with van der Waals surface area (Å²) in [7, 11) is 0. The summed E-state index contributed by atoms with van der Waals surface area (Å²) in [6.45, 7) is 2.81. The van der Waals surface area contributed by atoms with Crippen molar-refractivity contribution in [3.63, 3.8) is 0 Å². The van der Waals surface area contributed by atoms with Crippen molar-refractivity contribution in [1.82, 2.24) is 0 Å². The highest BCUT2D eigenvalue weighted by Gasteiger charge is 2.51. The summed E-state index contributed by atoms with van der Waals surface area (Å²) in [5, 5.41) is 47.0. The van der Waals surface area contributed by atoms with Gasteiger partial charge in [-0.2, -0.15) is 0 Å². The van der Waals surface area contributed by atoms with Crippen molar-refractivity contribution in [2.75, 3.05) is 6.61 Å². The van der Waals surface area contributed by atoms with Gasteiger partial charge in [0, 0.05) is 6.42 Å². The third-order valence-electron chi connectivity index (χ3n) is 2.49. The van der Waals surface area contributed by atoms with Gasteiger partial charge >= 0.3 is 0 Å². The maximum atomic E-state index is 9.80. The van der Waals surface area contributed by atoms with Gasteiger partial charge in [-0.1, -0.05) is 6.08 Å². The molecular formula is C9H16O6. The van der Waals surface area contributed by atoms with Gasteiger partial charge in [0.15, 0.2) is 5.79 Å². The fourth-order valence-corrected chi connectivity index (χ4v) is 1.60. The zero-order valence-electron chi connectivity index (χ0n) is 8.15. The average Bonchev–Trinajstić information content (AvgIpc) is 2.21. The van der Waals surface area contributed by atoms with Crippen LogP contribution in [-0.4, -0.2) is 62.3 Å². The molecule has 0 aromatic heterocycles. The van der Waals surface area contributed by atoms with E-state index in [1.54, 1.807) is 0 Å². The van der Waals surface area contributed by atoms with Crippen molar-refractivity contribution in [3.05, 3.63) is 12.7 Å². The molecule has 0 aromatic carbocycles. The van der Waals surface area contributed by atoms with Crippen molar-refractivity contribution in [3.8, 4) is 0 Å². The normalized spacial score (nSPS) is 46.5. The van der Waals surface area contributed by atoms with Crippen molar-refractivity contribution in [1.29, 1.82) is 0 Å². The second kappa shape index (κ2) is 4.56. The molecule has 1 rings (SSSR count). The summed E-state index contributed by atoms with van der Waals surface area (Å²) >= 11 is 0. The molecule has 0 amide bonds. The van der Waals surface area contributed by atoms with Crippen LogP contribution in [-0.2, 0) is 4.74 Å². The first-order valence-electron chi connectivity index (χ1n) is 4.62. The SMILES string of the molecule is C=CC[C@]1(O)O[C@H](CO)[C@@H](O)[C@H](O)[C@H]1O. The molecule has 0 aromatic rings. The second-order valence-electron chi connectivity index (χ2n) is 3.60. The molecule has 0 radical (unpaired) electrons. The molecule has 1 saturated heterocycles. The molecule has 1 aliphatic rings. The Morgan fingerprint density at radius 3 is 2.33 bits per heavy atom. The van der Waals surface area contributed by atoms with Gasteiger partial charge in [0.05, 0.1) is 6.61 Å². The molecule has 6 heteroatoms. The van der Waals surface area contributed by atoms with E-state index in [2.05, 4.69) is 6.58 Å². The van der Waals surface area contributed by atoms with Gasteiger partial charge < -0.3 is 30.3 Å². The lowest BCUT2D eigenvalue weighted by Crippen LogP contribution is -2.64. The van der Waals surface area contributed by atoms with E-state index in [-0.39, 0.29) is 6.42 Å². The molecule has 0 spiro atoms. The molecule has 6 nitrogen and oxygen atoms in total. The molecule has 1 heterocycles. The Morgan fingerprint density at radius 2 is 1.87 bits per heavy atom. The fraction of sp³-hybridized carbons (Fsp3) is 0.778. The van der Waals surface area contributed by atoms with E-state index in [1.165, 1.54) is 6.08 Å². The molecule has 0 bridgehead atoms. The second-order valence-corrected chi connectivity index (χ2v) is 3.60. The van der Waals surface area contributed by atoms with Crippen LogP contribution in [0.5, 0.6) is 0 Å². The minimum absolute atomic E-state index is 0.117. The third kappa shape index (κ3) is 2.20. The van der Waals surface area contributed by atoms with Gasteiger partial charge in [-0.25, -0.2) is 0 Å². The van der Waals surface area contributed by atoms with E-state index in [0.29, 0.717) is 0 Å². The first kappa shape index (κ1) is 12.6. The Labute approximate surface area is 87.0 Å². The summed E-state index contributed by atoms with van der Waals surface area (Å²) in [6, 6.07) is 0. The lowest BCUT2D eigenvalue weighted by molar-refractivity contribution is -0.347. The van der Waals surface area contributed by atoms with Crippen LogP contribution >= 0.6 is 0 Å². The first-order chi connectivity index (χ1) is 6.96. The van der Waals surface area contributed by atoms with Gasteiger partial charge in [-0.15, -0.1) is 6.58 Å². The highest BCUT2D eigenvalue weighted by Crippen LogP contribution is 2.30. The van der Waals surface area contributed by atoms with E-state index < -0.39 is 36.8 Å². The molecule has 0 unspecified atom stereocenters. The van der Waals surface area contributed by atoms with E-state index in [0.717, 1.165) is 0 Å². The number of aliphatic hydroxyl groups is 5. The lowest BCUT2D eigenvalue weighted by Gasteiger charge is -2.45. The zero-order chi connectivity index (χ0) is 11.6. The monoisotopic (exact) mass is 220 g/mol. The smallest absolute Gasteiger partial charge is 0.198 e. The van der Waals surface area contributed by atoms with Crippen LogP contribution in [0, 0.1) is 0 Å². The topological polar surface area (TPSA) is 110 Å². The molecule has 0 aliphatic carbocycles. The molecule has 1 fully saturated rings. The number of aliphatic hydroxyl groups excluding tert-OH is 4. The van der Waals surface area contributed by atoms with E-state index >= 15 is 0 Å². The number of hydrogen-bond acceptors (Lipinski definition) is 6. The lowest BCUT2D eigenvalue weighted by atomic mass is 9.91. The molecule has 5 atom stereocenters. The quantitative estimate of drug-likeness (QED) is 0.343. The standard InChI is InChI=1S/C9H16O6/c1-2-3-9(14)8(13)7(12)6(11)5(4-10)15-9/h2,5-8,10-14H,1,3-4H2/t5-,6-,7+,8-,9+/m1/s1. The van der Waals surface area contributed by atoms with Gasteiger partial charge in [0.2, 0.25) is 0 Å². The van der Waals surface area contributed by atoms with E-state index in [1.807, 2.05) is 0 Å². The van der Waals surface area contributed by atoms with Gasteiger partial charge in [0.25, 0.3) is 0 Å². The van der Waals surface area contributed by atoms with Crippen LogP contribution in [0.4, 0.5) is 0 Å². The maximum absolute atomic E-state index is 9.80. The molecule has 1 aliphatic heterocycles. The molecule has 88 valence electrons. The first-order valence-corrected chi connectivity index (χ1v) is 4.62. The van der Waals surface area contributed by atoms with Crippen LogP contribution in [0.25, 0.3) is 0 Å². The summed E-state index contributed by atoms with van der Waals surface area (Å²) in [5.41, 5.74) is 0. The third-order valence-corrected chi connectivity index (χ3v) is 2.49. The predicted octanol–water partition coefficient (Wildman–Crippen LogP) is -2.28. The van der Waals surface area contributed by atoms with Crippen LogP contribution in [0.2, 0.25) is 0 Å². The predicted molar refractivity (Wildman–Crippen MR) is 49.7 cm³/mol. The minimum atomic E-state index is -2.02. The van der Waals surface area contributed by atoms with Gasteiger partial charge in [-0.05, 0) is 0 Å². The van der Waals surface area contributed by atoms with E-state index in [4.69, 9.17) is 9.84 Å². The Hall–Kier alpha value is -0.500. The Balaban J connectivity index is 2.86. The van der Waals surface area contributed by atoms with Crippen LogP contribution < -0.4 is 0 Å². The summed E-state index contributed by atoms with van der Waals surface area (Å²) in [6.07, 6.45) is -4.59. The highest BCUT2D eigenvalue weighted by atomic mass is 16.7. The molecule has 5 N–H and O–H groups in total. The Kier molecular flexibility index (Phi) is 3.82. The minimum Gasteiger partial charge on any atom is -0.394 e. The van der Waals surface area contributed by atoms with Crippen molar-refractivity contribution >= 4 is 0 Å². The maximum Gasteiger partial charge on any atom is 0.198 e. The van der Waals surface area contributed by atoms with Crippen molar-refractivity contribution < 1.29 is 30.3 Å². The molecule has 15 heavy (non-hydrogen) atoms. The largest absolute Gasteiger partial charge is 0.394 e. The van der Waals surface area contributed by atoms with Crippen molar-refractivity contribution in [2.24, 2.45) is 0 Å². The highest BCUT2D eigenvalue weighted by molar-refractivity contribution is 4.98. The van der Waals surface area contributed by atoms with Crippen LogP contribution in [0.3, 0.4) is 0 Å². The number of hydrogen-bond donors (Lipinski definition) is 5. The van der Waals surface area contributed by atoms with E-state index in [9.17, 15) is 20.4 Å². The number of rotatable bonds is 3. The molecule has 0 saturated carbocycles. The average molecular weight is 220 g/mol. The van der Waals surface area contributed by atoms with Crippen LogP contribution in [0.1, 0.15) is 6.42 Å². The van der Waals surface area contributed by atoms with Crippen molar-refractivity contribution in [2.45, 2.75) is 36.6 Å². The fourth-order valence-electron chi connectivity index (χ4n) is 1.60. The zero-order valence-corrected chi connectivity index (χ0v) is 8.15. The van der Waals surface area contributed by atoms with Gasteiger partial charge in [-0.3, -0.25) is 0 Å². The summed E-state index contributed by atoms with van der Waals surface area (Å²) in [5.74, 6) is -2.02. The molecular weight excluding hydrogens is 204 g/mol. The summed E-state index contributed by atoms with van der Waals surface area (Å²) < 4.78 is 4.93. The van der Waals surface area contributed by atoms with Gasteiger partial charge in [0.1, 0.15) is 24.4 Å². The Bertz CT molecular complexity index is 231. The Morgan fingerprint density at radius 1 is 1.27 bits per heavy atom. The number of ether oxygens (including phenoxy) is 1. The summed E-state index contributed by atoms with van der Waals surface area (Å²) in [4.78, 5) is 0. The van der Waals surface area contributed by atoms with Crippen LogP contribution in [0.15, 0.2) is 12.7 Å².